The molecule has 0 aliphatic carbocycles. The Hall–Kier alpha value is -2.12. The minimum absolute atomic E-state index is 0.0260. The van der Waals surface area contributed by atoms with Crippen molar-refractivity contribution in [1.29, 1.82) is 0 Å². The van der Waals surface area contributed by atoms with Crippen LogP contribution in [-0.2, 0) is 0 Å². The molecule has 0 radical (unpaired) electrons. The van der Waals surface area contributed by atoms with Crippen LogP contribution in [0.2, 0.25) is 0 Å². The Labute approximate surface area is 118 Å². The summed E-state index contributed by atoms with van der Waals surface area (Å²) in [7, 11) is 0. The average Bonchev–Trinajstić information content (AvgIpc) is 2.38. The number of thiocarbonyl (C=S) groups is 2. The summed E-state index contributed by atoms with van der Waals surface area (Å²) in [5, 5.41) is 10.4. The number of aliphatic imine (C=N–C) groups is 1. The first-order chi connectivity index (χ1) is 9.00. The lowest BCUT2D eigenvalue weighted by atomic mass is 10.1. The Morgan fingerprint density at radius 3 is 2.74 bits per heavy atom. The van der Waals surface area contributed by atoms with Crippen molar-refractivity contribution in [2.75, 3.05) is 0 Å². The number of benzene rings is 1. The number of nitrogens with two attached hydrogens (primary N) is 1. The zero-order valence-electron chi connectivity index (χ0n) is 9.49. The van der Waals surface area contributed by atoms with E-state index in [9.17, 15) is 9.90 Å². The van der Waals surface area contributed by atoms with Crippen LogP contribution in [0, 0.1) is 0 Å². The van der Waals surface area contributed by atoms with Crippen molar-refractivity contribution in [2.24, 2.45) is 10.7 Å². The van der Waals surface area contributed by atoms with Crippen molar-refractivity contribution in [3.63, 3.8) is 0 Å². The van der Waals surface area contributed by atoms with Gasteiger partial charge in [0.05, 0.1) is 5.39 Å². The van der Waals surface area contributed by atoms with Crippen LogP contribution in [0.25, 0.3) is 11.0 Å². The monoisotopic (exact) mass is 292 g/mol. The predicted molar refractivity (Wildman–Crippen MR) is 81.1 cm³/mol. The number of rotatable bonds is 1. The third-order valence-corrected chi connectivity index (χ3v) is 2.99. The van der Waals surface area contributed by atoms with Crippen LogP contribution >= 0.6 is 24.4 Å². The lowest BCUT2D eigenvalue weighted by Crippen LogP contribution is -2.17. The highest BCUT2D eigenvalue weighted by atomic mass is 32.1. The lowest BCUT2D eigenvalue weighted by molar-refractivity contribution is 0.466. The lowest BCUT2D eigenvalue weighted by Gasteiger charge is -2.02. The topological polar surface area (TPSA) is 88.8 Å². The van der Waals surface area contributed by atoms with Crippen LogP contribution in [0.1, 0.15) is 5.56 Å². The maximum absolute atomic E-state index is 11.7. The van der Waals surface area contributed by atoms with Crippen LogP contribution in [-0.4, -0.2) is 21.3 Å². The van der Waals surface area contributed by atoms with Crippen LogP contribution in [0.5, 0.6) is 5.75 Å². The van der Waals surface area contributed by atoms with Gasteiger partial charge in [-0.25, -0.2) is 9.79 Å². The van der Waals surface area contributed by atoms with E-state index < -0.39 is 5.63 Å². The van der Waals surface area contributed by atoms with Gasteiger partial charge in [0.2, 0.25) is 0 Å². The second kappa shape index (κ2) is 5.25. The minimum Gasteiger partial charge on any atom is -0.506 e. The van der Waals surface area contributed by atoms with Gasteiger partial charge in [-0.05, 0) is 12.1 Å². The molecule has 0 unspecified atom stereocenters. The molecular weight excluding hydrogens is 284 g/mol. The van der Waals surface area contributed by atoms with Gasteiger partial charge in [0, 0.05) is 6.21 Å². The Balaban J connectivity index is 2.58. The molecule has 0 amide bonds. The molecule has 5 nitrogen and oxygen atoms in total. The van der Waals surface area contributed by atoms with Gasteiger partial charge in [0.15, 0.2) is 4.99 Å². The van der Waals surface area contributed by atoms with Crippen molar-refractivity contribution >= 4 is 51.6 Å². The summed E-state index contributed by atoms with van der Waals surface area (Å²) in [6.07, 6.45) is 1.09. The third kappa shape index (κ3) is 2.67. The molecule has 1 heterocycles. The minimum atomic E-state index is -0.717. The molecule has 0 saturated heterocycles. The van der Waals surface area contributed by atoms with Gasteiger partial charge in [-0.3, -0.25) is 0 Å². The van der Waals surface area contributed by atoms with Gasteiger partial charge in [-0.2, -0.15) is 0 Å². The largest absolute Gasteiger partial charge is 0.506 e. The molecule has 0 fully saturated rings. The summed E-state index contributed by atoms with van der Waals surface area (Å²) in [4.78, 5) is 15.4. The van der Waals surface area contributed by atoms with Gasteiger partial charge < -0.3 is 15.3 Å². The number of fused-ring (bicyclic) bond motifs is 1. The van der Waals surface area contributed by atoms with Gasteiger partial charge in [-0.1, -0.05) is 36.6 Å². The van der Waals surface area contributed by atoms with Crippen LogP contribution < -0.4 is 11.4 Å². The third-order valence-electron chi connectivity index (χ3n) is 2.34. The smallest absolute Gasteiger partial charge is 0.348 e. The second-order valence-electron chi connectivity index (χ2n) is 3.58. The summed E-state index contributed by atoms with van der Waals surface area (Å²) < 4.78 is 5.05. The molecule has 3 N–H and O–H groups in total. The normalized spacial score (nSPS) is 10.9. The highest BCUT2D eigenvalue weighted by molar-refractivity contribution is 7.89. The summed E-state index contributed by atoms with van der Waals surface area (Å²) in [6.45, 7) is 0. The van der Waals surface area contributed by atoms with E-state index in [2.05, 4.69) is 17.2 Å². The molecule has 0 saturated carbocycles. The number of nitrogens with zero attached hydrogens (tertiary/aromatic N) is 1. The van der Waals surface area contributed by atoms with Crippen LogP contribution in [0.15, 0.2) is 38.5 Å². The molecule has 0 atom stereocenters. The summed E-state index contributed by atoms with van der Waals surface area (Å²) in [5.41, 5.74) is 4.75. The van der Waals surface area contributed by atoms with E-state index in [1.165, 1.54) is 0 Å². The first-order valence-corrected chi connectivity index (χ1v) is 5.95. The van der Waals surface area contributed by atoms with Gasteiger partial charge in [0.1, 0.15) is 21.9 Å². The molecule has 0 spiro atoms. The van der Waals surface area contributed by atoms with E-state index in [0.717, 1.165) is 6.21 Å². The molecule has 2 rings (SSSR count). The van der Waals surface area contributed by atoms with E-state index in [1.807, 2.05) is 0 Å². The SMILES string of the molecule is NC(=S)C(=S)N=Cc1c(O)c2ccccc2oc1=O. The zero-order valence-corrected chi connectivity index (χ0v) is 11.1. The highest BCUT2D eigenvalue weighted by Gasteiger charge is 2.11. The highest BCUT2D eigenvalue weighted by Crippen LogP contribution is 2.24. The van der Waals surface area contributed by atoms with Crippen molar-refractivity contribution in [1.82, 2.24) is 0 Å². The first kappa shape index (κ1) is 13.3. The van der Waals surface area contributed by atoms with Crippen molar-refractivity contribution in [3.8, 4) is 5.75 Å². The molecule has 0 bridgehead atoms. The summed E-state index contributed by atoms with van der Waals surface area (Å²) >= 11 is 9.42. The maximum Gasteiger partial charge on any atom is 0.348 e. The fourth-order valence-corrected chi connectivity index (χ4v) is 1.55. The molecule has 19 heavy (non-hydrogen) atoms. The molecule has 7 heteroatoms. The Bertz CT molecular complexity index is 765. The van der Waals surface area contributed by atoms with E-state index in [4.69, 9.17) is 22.4 Å². The van der Waals surface area contributed by atoms with Crippen molar-refractivity contribution in [3.05, 3.63) is 40.2 Å². The fourth-order valence-electron chi connectivity index (χ4n) is 1.45. The second-order valence-corrected chi connectivity index (χ2v) is 4.40. The zero-order chi connectivity index (χ0) is 14.0. The predicted octanol–water partition coefficient (Wildman–Crippen LogP) is 1.53. The number of hydrogen-bond donors (Lipinski definition) is 2. The van der Waals surface area contributed by atoms with Crippen molar-refractivity contribution in [2.45, 2.75) is 0 Å². The number of para-hydroxylation sites is 1. The van der Waals surface area contributed by atoms with Crippen LogP contribution in [0.3, 0.4) is 0 Å². The van der Waals surface area contributed by atoms with Gasteiger partial charge >= 0.3 is 5.63 Å². The molecule has 1 aromatic heterocycles. The van der Waals surface area contributed by atoms with Gasteiger partial charge in [0.25, 0.3) is 0 Å². The fraction of sp³-hybridized carbons (Fsp3) is 0. The molecular formula is C12H8N2O3S2. The van der Waals surface area contributed by atoms with Crippen LogP contribution in [0.4, 0.5) is 0 Å². The Morgan fingerprint density at radius 2 is 2.05 bits per heavy atom. The number of hydrogen-bond acceptors (Lipinski definition) is 5. The Kier molecular flexibility index (Phi) is 3.68. The molecule has 1 aromatic carbocycles. The summed E-state index contributed by atoms with van der Waals surface area (Å²) in [6, 6.07) is 6.61. The summed E-state index contributed by atoms with van der Waals surface area (Å²) in [5.74, 6) is -0.221. The molecule has 96 valence electrons. The van der Waals surface area contributed by atoms with E-state index in [1.54, 1.807) is 24.3 Å². The molecule has 0 aliphatic rings. The molecule has 2 aromatic rings. The maximum atomic E-state index is 11.7. The van der Waals surface area contributed by atoms with E-state index in [0.29, 0.717) is 11.0 Å². The van der Waals surface area contributed by atoms with Gasteiger partial charge in [-0.15, -0.1) is 0 Å². The van der Waals surface area contributed by atoms with E-state index >= 15 is 0 Å². The Morgan fingerprint density at radius 1 is 1.37 bits per heavy atom. The number of aromatic hydroxyl groups is 1. The first-order valence-electron chi connectivity index (χ1n) is 5.13. The van der Waals surface area contributed by atoms with Crippen molar-refractivity contribution < 1.29 is 9.52 Å². The average molecular weight is 292 g/mol. The standard InChI is InChI=1S/C12H8N2O3S2/c13-10(18)11(19)14-5-7-9(15)6-3-1-2-4-8(6)17-12(7)16/h1-5,15H,(H2,13,18). The quantitative estimate of drug-likeness (QED) is 0.471. The molecule has 0 aliphatic heterocycles. The van der Waals surface area contributed by atoms with E-state index in [-0.39, 0.29) is 21.3 Å².